The first-order valence-corrected chi connectivity index (χ1v) is 7.28. The molecule has 0 amide bonds. The van der Waals surface area contributed by atoms with Gasteiger partial charge in [0, 0.05) is 16.3 Å². The monoisotopic (exact) mass is 318 g/mol. The zero-order valence-electron chi connectivity index (χ0n) is 12.9. The van der Waals surface area contributed by atoms with Crippen LogP contribution in [0.2, 0.25) is 5.02 Å². The second-order valence-electron chi connectivity index (χ2n) is 6.06. The van der Waals surface area contributed by atoms with E-state index in [1.165, 1.54) is 0 Å². The molecule has 4 nitrogen and oxygen atoms in total. The van der Waals surface area contributed by atoms with Crippen LogP contribution in [0.5, 0.6) is 5.75 Å². The molecule has 0 heterocycles. The molecule has 2 rings (SSSR count). The van der Waals surface area contributed by atoms with Crippen molar-refractivity contribution < 1.29 is 14.3 Å². The number of aliphatic imine (C=N–C) groups is 1. The molecule has 0 saturated carbocycles. The predicted octanol–water partition coefficient (Wildman–Crippen LogP) is 2.97. The van der Waals surface area contributed by atoms with Gasteiger partial charge in [0.25, 0.3) is 0 Å². The van der Waals surface area contributed by atoms with Gasteiger partial charge < -0.3 is 14.3 Å². The van der Waals surface area contributed by atoms with Crippen molar-refractivity contribution in [3.8, 4) is 5.75 Å². The highest BCUT2D eigenvalue weighted by atomic mass is 35.5. The average molecular weight is 319 g/mol. The molecule has 0 spiro atoms. The van der Waals surface area contributed by atoms with Crippen LogP contribution in [0.3, 0.4) is 0 Å². The largest absolute Gasteiger partial charge is 0.566 e. The van der Waals surface area contributed by atoms with Gasteiger partial charge in [0.2, 0.25) is 0 Å². The fourth-order valence-electron chi connectivity index (χ4n) is 2.03. The van der Waals surface area contributed by atoms with Crippen LogP contribution in [-0.4, -0.2) is 31.7 Å². The van der Waals surface area contributed by atoms with Gasteiger partial charge in [-0.05, 0) is 30.3 Å². The van der Waals surface area contributed by atoms with Gasteiger partial charge in [0.05, 0.1) is 26.8 Å². The maximum absolute atomic E-state index is 11.9. The van der Waals surface area contributed by atoms with E-state index in [0.29, 0.717) is 16.5 Å². The Morgan fingerprint density at radius 2 is 1.86 bits per heavy atom. The first-order chi connectivity index (χ1) is 10.3. The zero-order chi connectivity index (χ0) is 16.2. The third-order valence-corrected chi connectivity index (χ3v) is 3.02. The van der Waals surface area contributed by atoms with Crippen LogP contribution < -0.4 is 9.84 Å². The topological polar surface area (TPSA) is 44.6 Å². The van der Waals surface area contributed by atoms with Gasteiger partial charge in [-0.15, -0.1) is 0 Å². The molecule has 2 aromatic rings. The van der Waals surface area contributed by atoms with Crippen molar-refractivity contribution in [3.63, 3.8) is 0 Å². The maximum Gasteiger partial charge on any atom is 0.155 e. The highest BCUT2D eigenvalue weighted by molar-refractivity contribution is 6.30. The van der Waals surface area contributed by atoms with E-state index in [-0.39, 0.29) is 0 Å². The summed E-state index contributed by atoms with van der Waals surface area (Å²) in [6, 6.07) is 14.2. The summed E-state index contributed by atoms with van der Waals surface area (Å²) in [5.41, 5.74) is 1.57. The Morgan fingerprint density at radius 3 is 2.55 bits per heavy atom. The Balaban J connectivity index is 2.11. The Labute approximate surface area is 135 Å². The van der Waals surface area contributed by atoms with Gasteiger partial charge >= 0.3 is 0 Å². The molecule has 0 aliphatic heterocycles. The van der Waals surface area contributed by atoms with Gasteiger partial charge in [0.1, 0.15) is 6.54 Å². The molecule has 0 N–H and O–H groups in total. The third-order valence-electron chi connectivity index (χ3n) is 2.79. The minimum Gasteiger partial charge on any atom is -0.566 e. The number of hydrogen-bond acceptors (Lipinski definition) is 3. The van der Waals surface area contributed by atoms with Crippen LogP contribution >= 0.6 is 11.6 Å². The van der Waals surface area contributed by atoms with Crippen molar-refractivity contribution >= 4 is 23.4 Å². The molecule has 2 aromatic carbocycles. The van der Waals surface area contributed by atoms with Crippen molar-refractivity contribution in [2.75, 3.05) is 21.1 Å². The molecule has 0 unspecified atom stereocenters. The molecule has 0 aromatic heterocycles. The molecule has 0 radical (unpaired) electrons. The van der Waals surface area contributed by atoms with E-state index >= 15 is 0 Å². The fraction of sp³-hybridized carbons (Fsp3) is 0.235. The number of rotatable bonds is 4. The molecule has 0 bridgehead atoms. The van der Waals surface area contributed by atoms with E-state index in [4.69, 9.17) is 16.3 Å². The summed E-state index contributed by atoms with van der Waals surface area (Å²) in [7, 11) is 6.31. The Hall–Kier alpha value is -2.04. The van der Waals surface area contributed by atoms with E-state index in [1.54, 1.807) is 30.3 Å². The number of ether oxygens (including phenoxy) is 1. The molecule has 22 heavy (non-hydrogen) atoms. The van der Waals surface area contributed by atoms with Gasteiger partial charge in [-0.2, -0.15) is 0 Å². The number of quaternary nitrogens is 1. The third kappa shape index (κ3) is 5.39. The highest BCUT2D eigenvalue weighted by Crippen LogP contribution is 2.19. The predicted molar refractivity (Wildman–Crippen MR) is 87.4 cm³/mol. The standard InChI is InChI=1S/C17H19ClN2O2/c1-20(2,3)12-13-6-4-9-16(10-13)22-17(21)19-15-8-5-7-14(18)11-15/h4-11H,12H2,1-3H3. The van der Waals surface area contributed by atoms with Crippen molar-refractivity contribution in [2.24, 2.45) is 4.99 Å². The van der Waals surface area contributed by atoms with Gasteiger partial charge in [-0.1, -0.05) is 29.8 Å². The Morgan fingerprint density at radius 1 is 1.14 bits per heavy atom. The number of halogens is 1. The first-order valence-electron chi connectivity index (χ1n) is 6.90. The Kier molecular flexibility index (Phi) is 5.06. The molecule has 0 aliphatic carbocycles. The lowest BCUT2D eigenvalue weighted by Crippen LogP contribution is -2.33. The van der Waals surface area contributed by atoms with E-state index in [1.807, 2.05) is 18.2 Å². The second kappa shape index (κ2) is 6.81. The van der Waals surface area contributed by atoms with Gasteiger partial charge in [-0.25, -0.2) is 4.99 Å². The number of benzene rings is 2. The number of nitrogens with zero attached hydrogens (tertiary/aromatic N) is 2. The molecule has 5 heteroatoms. The van der Waals surface area contributed by atoms with E-state index < -0.39 is 6.08 Å². The molecule has 116 valence electrons. The smallest absolute Gasteiger partial charge is 0.155 e. The second-order valence-corrected chi connectivity index (χ2v) is 6.49. The van der Waals surface area contributed by atoms with E-state index in [0.717, 1.165) is 16.6 Å². The average Bonchev–Trinajstić information content (AvgIpc) is 2.36. The Bertz CT molecular complexity index is 678. The quantitative estimate of drug-likeness (QED) is 0.494. The normalized spacial score (nSPS) is 12.3. The van der Waals surface area contributed by atoms with Crippen molar-refractivity contribution in [1.82, 2.24) is 0 Å². The number of hydrogen-bond donors (Lipinski definition) is 0. The van der Waals surface area contributed by atoms with Crippen LogP contribution in [0, 0.1) is 0 Å². The lowest BCUT2D eigenvalue weighted by molar-refractivity contribution is -0.884. The lowest BCUT2D eigenvalue weighted by atomic mass is 10.2. The lowest BCUT2D eigenvalue weighted by Gasteiger charge is -2.24. The summed E-state index contributed by atoms with van der Waals surface area (Å²) in [5, 5.41) is 12.4. The summed E-state index contributed by atoms with van der Waals surface area (Å²) in [4.78, 5) is 3.87. The zero-order valence-corrected chi connectivity index (χ0v) is 13.7. The summed E-state index contributed by atoms with van der Waals surface area (Å²) in [6.07, 6.45) is -0.662. The molecule has 0 fully saturated rings. The molecular weight excluding hydrogens is 300 g/mol. The maximum atomic E-state index is 11.9. The van der Waals surface area contributed by atoms with E-state index in [2.05, 4.69) is 26.1 Å². The van der Waals surface area contributed by atoms with Crippen molar-refractivity contribution in [3.05, 3.63) is 59.1 Å². The van der Waals surface area contributed by atoms with Crippen molar-refractivity contribution in [2.45, 2.75) is 6.54 Å². The first kappa shape index (κ1) is 16.3. The summed E-state index contributed by atoms with van der Waals surface area (Å²) < 4.78 is 6.05. The highest BCUT2D eigenvalue weighted by Gasteiger charge is 2.08. The van der Waals surface area contributed by atoms with Crippen LogP contribution in [0.15, 0.2) is 53.5 Å². The van der Waals surface area contributed by atoms with E-state index in [9.17, 15) is 5.11 Å². The minimum atomic E-state index is -0.662. The summed E-state index contributed by atoms with van der Waals surface area (Å²) >= 11 is 5.86. The SMILES string of the molecule is C[N+](C)(C)Cc1cccc(OC([O-])=Nc2cccc(Cl)c2)c1. The summed E-state index contributed by atoms with van der Waals surface area (Å²) in [6.45, 7) is 0.844. The van der Waals surface area contributed by atoms with Gasteiger partial charge in [0.15, 0.2) is 6.08 Å². The van der Waals surface area contributed by atoms with Crippen LogP contribution in [0.1, 0.15) is 5.56 Å². The minimum absolute atomic E-state index is 0.472. The van der Waals surface area contributed by atoms with Crippen LogP contribution in [0.25, 0.3) is 0 Å². The molecule has 0 aliphatic rings. The fourth-order valence-corrected chi connectivity index (χ4v) is 2.21. The molecular formula is C17H19ClN2O2. The molecule has 0 atom stereocenters. The van der Waals surface area contributed by atoms with Gasteiger partial charge in [-0.3, -0.25) is 0 Å². The summed E-state index contributed by atoms with van der Waals surface area (Å²) in [5.74, 6) is 0.488. The van der Waals surface area contributed by atoms with Crippen LogP contribution in [0.4, 0.5) is 5.69 Å². The van der Waals surface area contributed by atoms with Crippen molar-refractivity contribution in [1.29, 1.82) is 0 Å². The van der Waals surface area contributed by atoms with Crippen LogP contribution in [-0.2, 0) is 6.54 Å². The molecule has 0 saturated heterocycles.